The molecule has 13 heavy (non-hydrogen) atoms. The van der Waals surface area contributed by atoms with Crippen molar-refractivity contribution in [2.45, 2.75) is 0 Å². The maximum atomic E-state index is 5.17. The first-order valence-electron chi connectivity index (χ1n) is 4.13. The number of benzene rings is 1. The maximum Gasteiger partial charge on any atom is 0.189 e. The van der Waals surface area contributed by atoms with E-state index in [2.05, 4.69) is 5.32 Å². The molecule has 0 unspecified atom stereocenters. The molecule has 1 aromatic carbocycles. The fraction of sp³-hybridized carbons (Fsp3) is 0.222. The van der Waals surface area contributed by atoms with Crippen LogP contribution in [-0.4, -0.2) is 23.8 Å². The van der Waals surface area contributed by atoms with E-state index >= 15 is 0 Å². The van der Waals surface area contributed by atoms with Gasteiger partial charge >= 0.3 is 0 Å². The Morgan fingerprint density at radius 3 is 2.54 bits per heavy atom. The van der Waals surface area contributed by atoms with Crippen molar-refractivity contribution in [2.24, 2.45) is 0 Å². The Morgan fingerprint density at radius 2 is 2.00 bits per heavy atom. The van der Waals surface area contributed by atoms with Crippen LogP contribution in [0.1, 0.15) is 0 Å². The second-order valence-corrected chi connectivity index (χ2v) is 3.33. The lowest BCUT2D eigenvalue weighted by molar-refractivity contribution is 0.386. The predicted octanol–water partition coefficient (Wildman–Crippen LogP) is 1.19. The smallest absolute Gasteiger partial charge is 0.189 e. The number of hydrogen-bond donors (Lipinski definition) is 1. The van der Waals surface area contributed by atoms with E-state index in [1.165, 1.54) is 0 Å². The van der Waals surface area contributed by atoms with E-state index in [4.69, 9.17) is 12.2 Å². The molecule has 0 spiro atoms. The summed E-state index contributed by atoms with van der Waals surface area (Å²) in [7, 11) is 2.00. The van der Waals surface area contributed by atoms with Gasteiger partial charge in [-0.1, -0.05) is 18.2 Å². The highest BCUT2D eigenvalue weighted by Crippen LogP contribution is 2.17. The summed E-state index contributed by atoms with van der Waals surface area (Å²) in [6.45, 7) is 0.772. The summed E-state index contributed by atoms with van der Waals surface area (Å²) in [5.74, 6) is 0. The molecular weight excluding hydrogens is 182 g/mol. The van der Waals surface area contributed by atoms with Gasteiger partial charge in [-0.2, -0.15) is 5.01 Å². The van der Waals surface area contributed by atoms with Gasteiger partial charge in [-0.05, 0) is 24.4 Å². The Labute approximate surface area is 82.9 Å². The van der Waals surface area contributed by atoms with Gasteiger partial charge in [-0.25, -0.2) is 5.01 Å². The van der Waals surface area contributed by atoms with Gasteiger partial charge in [0, 0.05) is 7.05 Å². The van der Waals surface area contributed by atoms with Crippen molar-refractivity contribution in [2.75, 3.05) is 18.7 Å². The molecule has 0 atom stereocenters. The van der Waals surface area contributed by atoms with E-state index in [0.29, 0.717) is 0 Å². The fourth-order valence-electron chi connectivity index (χ4n) is 1.37. The molecule has 0 bridgehead atoms. The Kier molecular flexibility index (Phi) is 2.16. The van der Waals surface area contributed by atoms with Crippen molar-refractivity contribution in [3.63, 3.8) is 0 Å². The molecule has 0 radical (unpaired) electrons. The molecule has 0 aliphatic carbocycles. The number of anilines is 1. The summed E-state index contributed by atoms with van der Waals surface area (Å²) < 4.78 is 0. The lowest BCUT2D eigenvalue weighted by Crippen LogP contribution is -2.35. The molecule has 1 aromatic rings. The van der Waals surface area contributed by atoms with Crippen LogP contribution in [-0.2, 0) is 0 Å². The fourth-order valence-corrected chi connectivity index (χ4v) is 1.68. The van der Waals surface area contributed by atoms with Crippen molar-refractivity contribution in [1.29, 1.82) is 0 Å². The first-order valence-corrected chi connectivity index (χ1v) is 4.54. The average Bonchev–Trinajstić information content (AvgIpc) is 2.48. The highest BCUT2D eigenvalue weighted by Gasteiger charge is 2.22. The molecule has 0 amide bonds. The third-order valence-electron chi connectivity index (χ3n) is 1.99. The zero-order valence-corrected chi connectivity index (χ0v) is 8.21. The van der Waals surface area contributed by atoms with Gasteiger partial charge in [0.1, 0.15) is 0 Å². The van der Waals surface area contributed by atoms with Crippen LogP contribution in [0, 0.1) is 0 Å². The maximum absolute atomic E-state index is 5.17. The SMILES string of the molecule is CN1CNC(=S)N1c1ccccc1. The van der Waals surface area contributed by atoms with E-state index in [9.17, 15) is 0 Å². The van der Waals surface area contributed by atoms with Gasteiger partial charge < -0.3 is 5.32 Å². The highest BCUT2D eigenvalue weighted by molar-refractivity contribution is 7.80. The number of para-hydroxylation sites is 1. The molecule has 0 aromatic heterocycles. The molecule has 1 heterocycles. The minimum Gasteiger partial charge on any atom is -0.347 e. The van der Waals surface area contributed by atoms with E-state index in [-0.39, 0.29) is 0 Å². The van der Waals surface area contributed by atoms with Crippen LogP contribution < -0.4 is 10.3 Å². The van der Waals surface area contributed by atoms with Gasteiger partial charge in [-0.15, -0.1) is 0 Å². The van der Waals surface area contributed by atoms with Crippen molar-refractivity contribution in [3.8, 4) is 0 Å². The van der Waals surface area contributed by atoms with Crippen LogP contribution in [0.2, 0.25) is 0 Å². The summed E-state index contributed by atoms with van der Waals surface area (Å²) in [6, 6.07) is 10.1. The lowest BCUT2D eigenvalue weighted by Gasteiger charge is -2.23. The third kappa shape index (κ3) is 1.50. The van der Waals surface area contributed by atoms with E-state index < -0.39 is 0 Å². The normalized spacial score (nSPS) is 17.6. The summed E-state index contributed by atoms with van der Waals surface area (Å²) in [5, 5.41) is 7.88. The Bertz CT molecular complexity index is 312. The molecule has 2 rings (SSSR count). The van der Waals surface area contributed by atoms with E-state index in [1.54, 1.807) is 0 Å². The largest absolute Gasteiger partial charge is 0.347 e. The Hall–Kier alpha value is -1.13. The number of nitrogens with one attached hydrogen (secondary N) is 1. The van der Waals surface area contributed by atoms with Crippen LogP contribution in [0.4, 0.5) is 5.69 Å². The topological polar surface area (TPSA) is 18.5 Å². The second-order valence-electron chi connectivity index (χ2n) is 2.95. The van der Waals surface area contributed by atoms with Crippen LogP contribution in [0.3, 0.4) is 0 Å². The Balaban J connectivity index is 2.30. The molecule has 68 valence electrons. The van der Waals surface area contributed by atoms with Crippen molar-refractivity contribution >= 4 is 23.0 Å². The summed E-state index contributed by atoms with van der Waals surface area (Å²) in [5.41, 5.74) is 1.10. The number of hydrogen-bond acceptors (Lipinski definition) is 2. The zero-order chi connectivity index (χ0) is 9.26. The number of rotatable bonds is 1. The first-order chi connectivity index (χ1) is 6.29. The number of thiocarbonyl (C=S) groups is 1. The van der Waals surface area contributed by atoms with Gasteiger partial charge in [0.2, 0.25) is 0 Å². The van der Waals surface area contributed by atoms with E-state index in [1.807, 2.05) is 47.4 Å². The van der Waals surface area contributed by atoms with Crippen molar-refractivity contribution < 1.29 is 0 Å². The van der Waals surface area contributed by atoms with Gasteiger partial charge in [0.05, 0.1) is 12.4 Å². The van der Waals surface area contributed by atoms with Gasteiger partial charge in [-0.3, -0.25) is 0 Å². The molecule has 1 N–H and O–H groups in total. The van der Waals surface area contributed by atoms with Crippen molar-refractivity contribution in [1.82, 2.24) is 10.3 Å². The molecular formula is C9H11N3S. The lowest BCUT2D eigenvalue weighted by atomic mass is 10.3. The number of hydrazine groups is 1. The molecule has 1 fully saturated rings. The summed E-state index contributed by atoms with van der Waals surface area (Å²) in [6.07, 6.45) is 0. The molecule has 1 saturated heterocycles. The summed E-state index contributed by atoms with van der Waals surface area (Å²) >= 11 is 5.17. The van der Waals surface area contributed by atoms with E-state index in [0.717, 1.165) is 17.5 Å². The highest BCUT2D eigenvalue weighted by atomic mass is 32.1. The molecule has 1 aliphatic heterocycles. The molecule has 3 nitrogen and oxygen atoms in total. The second kappa shape index (κ2) is 3.32. The molecule has 4 heteroatoms. The summed E-state index contributed by atoms with van der Waals surface area (Å²) in [4.78, 5) is 0. The van der Waals surface area contributed by atoms with Gasteiger partial charge in [0.25, 0.3) is 0 Å². The van der Waals surface area contributed by atoms with Gasteiger partial charge in [0.15, 0.2) is 5.11 Å². The van der Waals surface area contributed by atoms with Crippen LogP contribution in [0.25, 0.3) is 0 Å². The molecule has 1 aliphatic rings. The predicted molar refractivity (Wildman–Crippen MR) is 57.3 cm³/mol. The van der Waals surface area contributed by atoms with Crippen LogP contribution in [0.15, 0.2) is 30.3 Å². The van der Waals surface area contributed by atoms with Crippen LogP contribution in [0.5, 0.6) is 0 Å². The minimum absolute atomic E-state index is 0.758. The standard InChI is InChI=1S/C9H11N3S/c1-11-7-10-9(13)12(11)8-5-3-2-4-6-8/h2-6H,7H2,1H3,(H,10,13). The monoisotopic (exact) mass is 193 g/mol. The van der Waals surface area contributed by atoms with Crippen LogP contribution >= 0.6 is 12.2 Å². The zero-order valence-electron chi connectivity index (χ0n) is 7.40. The minimum atomic E-state index is 0.758. The van der Waals surface area contributed by atoms with Crippen molar-refractivity contribution in [3.05, 3.63) is 30.3 Å². The number of nitrogens with zero attached hydrogens (tertiary/aromatic N) is 2. The first kappa shape index (κ1) is 8.47. The average molecular weight is 193 g/mol. The third-order valence-corrected chi connectivity index (χ3v) is 2.31. The molecule has 0 saturated carbocycles. The Morgan fingerprint density at radius 1 is 1.31 bits per heavy atom. The quantitative estimate of drug-likeness (QED) is 0.675.